The molecule has 3 N–H and O–H groups in total. The van der Waals surface area contributed by atoms with Gasteiger partial charge in [-0.3, -0.25) is 24.0 Å². The largest absolute Gasteiger partial charge is 0.383 e. The number of H-pyrrole nitrogens is 1. The van der Waals surface area contributed by atoms with E-state index in [2.05, 4.69) is 20.9 Å². The second kappa shape index (κ2) is 9.65. The highest BCUT2D eigenvalue weighted by Gasteiger charge is 2.26. The quantitative estimate of drug-likeness (QED) is 0.631. The van der Waals surface area contributed by atoms with E-state index in [1.165, 1.54) is 23.8 Å². The second-order valence-electron chi connectivity index (χ2n) is 6.07. The van der Waals surface area contributed by atoms with Gasteiger partial charge in [0.25, 0.3) is 11.5 Å². The molecule has 0 aliphatic rings. The standard InChI is InChI=1S/C18H22BrFN4O4/c1-3-4-7-24-15(21)14(16(25)22-18(24)27)23(8-9-28-2)17(26)12-6-5-11(19)10-13(12)20/h5-6,10H,3-4,7-9,21H2,1-2H3,(H,22,25,27). The molecule has 1 aromatic heterocycles. The molecule has 10 heteroatoms. The van der Waals surface area contributed by atoms with Crippen LogP contribution in [0.25, 0.3) is 0 Å². The van der Waals surface area contributed by atoms with Crippen molar-refractivity contribution in [1.29, 1.82) is 0 Å². The molecule has 0 radical (unpaired) electrons. The van der Waals surface area contributed by atoms with E-state index in [1.807, 2.05) is 6.92 Å². The van der Waals surface area contributed by atoms with Gasteiger partial charge in [0.15, 0.2) is 5.69 Å². The maximum absolute atomic E-state index is 14.3. The van der Waals surface area contributed by atoms with Crippen LogP contribution >= 0.6 is 15.9 Å². The number of halogens is 2. The number of hydrogen-bond acceptors (Lipinski definition) is 5. The Kier molecular flexibility index (Phi) is 7.53. The van der Waals surface area contributed by atoms with Crippen LogP contribution in [-0.4, -0.2) is 35.7 Å². The van der Waals surface area contributed by atoms with E-state index in [1.54, 1.807) is 0 Å². The van der Waals surface area contributed by atoms with Crippen molar-refractivity contribution in [3.63, 3.8) is 0 Å². The van der Waals surface area contributed by atoms with E-state index in [0.29, 0.717) is 10.9 Å². The monoisotopic (exact) mass is 456 g/mol. The van der Waals surface area contributed by atoms with Crippen LogP contribution in [0, 0.1) is 5.82 Å². The number of nitrogen functional groups attached to an aromatic ring is 1. The minimum atomic E-state index is -0.822. The number of unbranched alkanes of at least 4 members (excludes halogenated alkanes) is 1. The van der Waals surface area contributed by atoms with E-state index in [4.69, 9.17) is 10.5 Å². The third kappa shape index (κ3) is 4.68. The molecule has 0 unspecified atom stereocenters. The molecule has 28 heavy (non-hydrogen) atoms. The molecular formula is C18H22BrFN4O4. The second-order valence-corrected chi connectivity index (χ2v) is 6.99. The summed E-state index contributed by atoms with van der Waals surface area (Å²) < 4.78 is 21.0. The number of hydrogen-bond donors (Lipinski definition) is 2. The number of aromatic amines is 1. The molecule has 1 aromatic carbocycles. The van der Waals surface area contributed by atoms with Crippen LogP contribution in [0.15, 0.2) is 32.3 Å². The maximum Gasteiger partial charge on any atom is 0.330 e. The number of benzene rings is 1. The fourth-order valence-corrected chi connectivity index (χ4v) is 3.02. The Morgan fingerprint density at radius 1 is 1.39 bits per heavy atom. The Hall–Kier alpha value is -2.46. The number of anilines is 2. The maximum atomic E-state index is 14.3. The number of amides is 1. The number of carbonyl (C=O) groups is 1. The molecule has 0 saturated heterocycles. The normalized spacial score (nSPS) is 10.9. The molecule has 0 saturated carbocycles. The van der Waals surface area contributed by atoms with Gasteiger partial charge < -0.3 is 10.5 Å². The molecule has 0 fully saturated rings. The van der Waals surface area contributed by atoms with Crippen molar-refractivity contribution in [1.82, 2.24) is 9.55 Å². The summed E-state index contributed by atoms with van der Waals surface area (Å²) in [6.45, 7) is 2.25. The summed E-state index contributed by atoms with van der Waals surface area (Å²) >= 11 is 3.14. The number of rotatable bonds is 8. The van der Waals surface area contributed by atoms with Crippen LogP contribution in [0.4, 0.5) is 15.9 Å². The molecule has 8 nitrogen and oxygen atoms in total. The van der Waals surface area contributed by atoms with E-state index in [-0.39, 0.29) is 36.8 Å². The number of carbonyl (C=O) groups excluding carboxylic acids is 1. The first kappa shape index (κ1) is 21.8. The zero-order chi connectivity index (χ0) is 20.8. The van der Waals surface area contributed by atoms with Gasteiger partial charge in [0, 0.05) is 24.7 Å². The van der Waals surface area contributed by atoms with Gasteiger partial charge in [-0.2, -0.15) is 0 Å². The minimum absolute atomic E-state index is 0.0515. The van der Waals surface area contributed by atoms with Crippen LogP contribution in [0.5, 0.6) is 0 Å². The first-order valence-electron chi connectivity index (χ1n) is 8.70. The molecule has 0 aliphatic carbocycles. The summed E-state index contributed by atoms with van der Waals surface area (Å²) in [5.74, 6) is -1.67. The molecule has 152 valence electrons. The lowest BCUT2D eigenvalue weighted by molar-refractivity contribution is 0.0971. The lowest BCUT2D eigenvalue weighted by atomic mass is 10.1. The molecule has 2 aromatic rings. The van der Waals surface area contributed by atoms with Crippen molar-refractivity contribution in [3.05, 3.63) is 54.9 Å². The first-order chi connectivity index (χ1) is 13.3. The van der Waals surface area contributed by atoms with Crippen LogP contribution < -0.4 is 21.9 Å². The van der Waals surface area contributed by atoms with E-state index < -0.39 is 23.0 Å². The molecular weight excluding hydrogens is 435 g/mol. The van der Waals surface area contributed by atoms with Crippen molar-refractivity contribution in [2.24, 2.45) is 0 Å². The van der Waals surface area contributed by atoms with Crippen molar-refractivity contribution in [2.75, 3.05) is 30.9 Å². The fourth-order valence-electron chi connectivity index (χ4n) is 2.68. The number of nitrogens with one attached hydrogen (secondary N) is 1. The first-order valence-corrected chi connectivity index (χ1v) is 9.49. The van der Waals surface area contributed by atoms with Gasteiger partial charge in [-0.15, -0.1) is 0 Å². The summed E-state index contributed by atoms with van der Waals surface area (Å²) in [4.78, 5) is 40.8. The van der Waals surface area contributed by atoms with Gasteiger partial charge in [-0.1, -0.05) is 29.3 Å². The molecule has 0 aliphatic heterocycles. The van der Waals surface area contributed by atoms with Crippen LogP contribution in [0.2, 0.25) is 0 Å². The Labute approximate surface area is 169 Å². The van der Waals surface area contributed by atoms with Gasteiger partial charge >= 0.3 is 5.69 Å². The zero-order valence-electron chi connectivity index (χ0n) is 15.6. The zero-order valence-corrected chi connectivity index (χ0v) is 17.2. The Bertz CT molecular complexity index is 973. The number of nitrogens with zero attached hydrogens (tertiary/aromatic N) is 2. The molecule has 2 rings (SSSR count). The van der Waals surface area contributed by atoms with Gasteiger partial charge in [-0.05, 0) is 24.6 Å². The van der Waals surface area contributed by atoms with Gasteiger partial charge in [0.1, 0.15) is 11.6 Å². The van der Waals surface area contributed by atoms with Crippen molar-refractivity contribution in [3.8, 4) is 0 Å². The topological polar surface area (TPSA) is 110 Å². The Morgan fingerprint density at radius 2 is 2.11 bits per heavy atom. The molecule has 1 amide bonds. The lowest BCUT2D eigenvalue weighted by Crippen LogP contribution is -2.42. The third-order valence-electron chi connectivity index (χ3n) is 4.15. The van der Waals surface area contributed by atoms with Crippen LogP contribution in [0.1, 0.15) is 30.1 Å². The number of aromatic nitrogens is 2. The smallest absolute Gasteiger partial charge is 0.330 e. The summed E-state index contributed by atoms with van der Waals surface area (Å²) in [7, 11) is 1.43. The summed E-state index contributed by atoms with van der Waals surface area (Å²) in [5, 5.41) is 0. The Morgan fingerprint density at radius 3 is 2.71 bits per heavy atom. The minimum Gasteiger partial charge on any atom is -0.383 e. The van der Waals surface area contributed by atoms with Gasteiger partial charge in [-0.25, -0.2) is 9.18 Å². The summed E-state index contributed by atoms with van der Waals surface area (Å²) in [6, 6.07) is 3.97. The van der Waals surface area contributed by atoms with E-state index in [0.717, 1.165) is 17.4 Å². The SMILES string of the molecule is CCCCn1c(N)c(N(CCOC)C(=O)c2ccc(Br)cc2F)c(=O)[nH]c1=O. The number of methoxy groups -OCH3 is 1. The Balaban J connectivity index is 2.61. The predicted molar refractivity (Wildman–Crippen MR) is 108 cm³/mol. The number of ether oxygens (including phenoxy) is 1. The predicted octanol–water partition coefficient (Wildman–Crippen LogP) is 2.11. The van der Waals surface area contributed by atoms with Crippen molar-refractivity contribution in [2.45, 2.75) is 26.3 Å². The average molecular weight is 457 g/mol. The summed E-state index contributed by atoms with van der Waals surface area (Å²) in [5.41, 5.74) is 4.16. The highest BCUT2D eigenvalue weighted by molar-refractivity contribution is 9.10. The molecule has 0 atom stereocenters. The van der Waals surface area contributed by atoms with Crippen molar-refractivity contribution < 1.29 is 13.9 Å². The highest BCUT2D eigenvalue weighted by atomic mass is 79.9. The lowest BCUT2D eigenvalue weighted by Gasteiger charge is -2.24. The van der Waals surface area contributed by atoms with Crippen LogP contribution in [-0.2, 0) is 11.3 Å². The average Bonchev–Trinajstić information content (AvgIpc) is 2.63. The van der Waals surface area contributed by atoms with E-state index >= 15 is 0 Å². The van der Waals surface area contributed by atoms with Gasteiger partial charge in [0.05, 0.1) is 12.2 Å². The highest BCUT2D eigenvalue weighted by Crippen LogP contribution is 2.22. The summed E-state index contributed by atoms with van der Waals surface area (Å²) in [6.07, 6.45) is 1.46. The molecule has 0 spiro atoms. The van der Waals surface area contributed by atoms with Crippen LogP contribution in [0.3, 0.4) is 0 Å². The van der Waals surface area contributed by atoms with Crippen molar-refractivity contribution >= 4 is 33.3 Å². The third-order valence-corrected chi connectivity index (χ3v) is 4.64. The van der Waals surface area contributed by atoms with Gasteiger partial charge in [0.2, 0.25) is 0 Å². The number of nitrogens with two attached hydrogens (primary N) is 1. The fraction of sp³-hybridized carbons (Fsp3) is 0.389. The van der Waals surface area contributed by atoms with E-state index in [9.17, 15) is 18.8 Å². The molecule has 1 heterocycles. The molecule has 0 bridgehead atoms.